The summed E-state index contributed by atoms with van der Waals surface area (Å²) in [6.07, 6.45) is 1.72. The molecule has 1 aliphatic rings. The quantitative estimate of drug-likeness (QED) is 0.557. The van der Waals surface area contributed by atoms with Gasteiger partial charge in [0.2, 0.25) is 0 Å². The zero-order valence-electron chi connectivity index (χ0n) is 20.6. The predicted molar refractivity (Wildman–Crippen MR) is 136 cm³/mol. The van der Waals surface area contributed by atoms with Gasteiger partial charge in [0.25, 0.3) is 5.91 Å². The summed E-state index contributed by atoms with van der Waals surface area (Å²) in [5.41, 5.74) is 3.26. The summed E-state index contributed by atoms with van der Waals surface area (Å²) in [5, 5.41) is 21.2. The van der Waals surface area contributed by atoms with Gasteiger partial charge in [-0.05, 0) is 53.9 Å². The van der Waals surface area contributed by atoms with Gasteiger partial charge in [0.05, 0.1) is 23.2 Å². The van der Waals surface area contributed by atoms with Crippen molar-refractivity contribution in [1.29, 1.82) is 10.5 Å². The minimum Gasteiger partial charge on any atom is -0.410 e. The van der Waals surface area contributed by atoms with E-state index in [9.17, 15) is 14.9 Å². The Morgan fingerprint density at radius 1 is 1.03 bits per heavy atom. The molecule has 4 rings (SSSR count). The number of carbonyl (C=O) groups is 2. The number of amides is 2. The summed E-state index contributed by atoms with van der Waals surface area (Å²) < 4.78 is 5.36. The first kappa shape index (κ1) is 25.4. The third-order valence-electron chi connectivity index (χ3n) is 6.18. The number of carbonyl (C=O) groups excluding carboxylic acids is 2. The SMILES string of the molecule is CN(C)C(=O)Oc1ccc(C(c2ccc(C#N)cc2)N2CC[C@@H](NC(=O)c3ccc(C#N)nc3)C2)cc1. The molecule has 1 N–H and O–H groups in total. The van der Waals surface area contributed by atoms with Crippen molar-refractivity contribution in [2.24, 2.45) is 0 Å². The summed E-state index contributed by atoms with van der Waals surface area (Å²) >= 11 is 0. The van der Waals surface area contributed by atoms with Crippen molar-refractivity contribution >= 4 is 12.0 Å². The highest BCUT2D eigenvalue weighted by Gasteiger charge is 2.31. The van der Waals surface area contributed by atoms with Crippen molar-refractivity contribution in [3.05, 3.63) is 94.8 Å². The van der Waals surface area contributed by atoms with E-state index in [0.717, 1.165) is 24.1 Å². The van der Waals surface area contributed by atoms with Crippen LogP contribution in [-0.2, 0) is 0 Å². The molecule has 37 heavy (non-hydrogen) atoms. The second kappa shape index (κ2) is 11.3. The van der Waals surface area contributed by atoms with Crippen molar-refractivity contribution in [2.45, 2.75) is 18.5 Å². The van der Waals surface area contributed by atoms with Gasteiger partial charge in [-0.2, -0.15) is 10.5 Å². The van der Waals surface area contributed by atoms with Crippen LogP contribution in [-0.4, -0.2) is 60.0 Å². The van der Waals surface area contributed by atoms with Crippen LogP contribution in [0.2, 0.25) is 0 Å². The van der Waals surface area contributed by atoms with Gasteiger partial charge in [0.1, 0.15) is 17.5 Å². The third kappa shape index (κ3) is 6.10. The molecule has 1 aromatic heterocycles. The maximum Gasteiger partial charge on any atom is 0.414 e. The fourth-order valence-electron chi connectivity index (χ4n) is 4.27. The molecule has 186 valence electrons. The van der Waals surface area contributed by atoms with Gasteiger partial charge in [-0.15, -0.1) is 0 Å². The number of rotatable bonds is 6. The molecule has 2 heterocycles. The average Bonchev–Trinajstić information content (AvgIpc) is 3.37. The highest BCUT2D eigenvalue weighted by Crippen LogP contribution is 2.33. The molecule has 2 atom stereocenters. The number of nitrogens with one attached hydrogen (secondary N) is 1. The highest BCUT2D eigenvalue weighted by atomic mass is 16.6. The second-order valence-corrected chi connectivity index (χ2v) is 8.97. The Bertz CT molecular complexity index is 1340. The summed E-state index contributed by atoms with van der Waals surface area (Å²) in [4.78, 5) is 32.2. The normalized spacial score (nSPS) is 15.7. The van der Waals surface area contributed by atoms with Gasteiger partial charge in [-0.3, -0.25) is 9.69 Å². The largest absolute Gasteiger partial charge is 0.414 e. The number of nitriles is 2. The van der Waals surface area contributed by atoms with Crippen LogP contribution >= 0.6 is 0 Å². The maximum absolute atomic E-state index is 12.7. The Morgan fingerprint density at radius 2 is 1.70 bits per heavy atom. The van der Waals surface area contributed by atoms with Gasteiger partial charge in [0.15, 0.2) is 0 Å². The van der Waals surface area contributed by atoms with E-state index in [1.54, 1.807) is 44.4 Å². The van der Waals surface area contributed by atoms with Crippen LogP contribution in [0.25, 0.3) is 0 Å². The standard InChI is InChI=1S/C28H26N6O3/c1-33(2)28(36)37-25-11-8-21(9-12-25)26(20-5-3-19(15-29)4-6-20)34-14-13-24(18-34)32-27(35)22-7-10-23(16-30)31-17-22/h3-12,17,24,26H,13-14,18H2,1-2H3,(H,32,35)/t24-,26?/m1/s1. The Balaban J connectivity index is 1.52. The van der Waals surface area contributed by atoms with E-state index in [2.05, 4.69) is 21.3 Å². The molecule has 1 aliphatic heterocycles. The monoisotopic (exact) mass is 494 g/mol. The van der Waals surface area contributed by atoms with Gasteiger partial charge < -0.3 is 15.0 Å². The van der Waals surface area contributed by atoms with Crippen LogP contribution in [0.3, 0.4) is 0 Å². The van der Waals surface area contributed by atoms with Crippen LogP contribution < -0.4 is 10.1 Å². The number of hydrogen-bond acceptors (Lipinski definition) is 7. The Kier molecular flexibility index (Phi) is 7.77. The summed E-state index contributed by atoms with van der Waals surface area (Å²) in [7, 11) is 3.25. The van der Waals surface area contributed by atoms with Crippen molar-refractivity contribution in [3.8, 4) is 17.9 Å². The first-order valence-corrected chi connectivity index (χ1v) is 11.8. The molecule has 9 nitrogen and oxygen atoms in total. The molecule has 2 amide bonds. The molecule has 1 fully saturated rings. The van der Waals surface area contributed by atoms with E-state index in [0.29, 0.717) is 23.4 Å². The fourth-order valence-corrected chi connectivity index (χ4v) is 4.27. The molecule has 0 bridgehead atoms. The van der Waals surface area contributed by atoms with Crippen molar-refractivity contribution < 1.29 is 14.3 Å². The van der Waals surface area contributed by atoms with Crippen LogP contribution in [0.1, 0.15) is 45.2 Å². The number of nitrogens with zero attached hydrogens (tertiary/aromatic N) is 5. The lowest BCUT2D eigenvalue weighted by atomic mass is 9.96. The van der Waals surface area contributed by atoms with Gasteiger partial charge in [0, 0.05) is 39.4 Å². The number of likely N-dealkylation sites (tertiary alicyclic amines) is 1. The number of pyridine rings is 1. The first-order chi connectivity index (χ1) is 17.9. The van der Waals surface area contributed by atoms with Crippen LogP contribution in [0.5, 0.6) is 5.75 Å². The lowest BCUT2D eigenvalue weighted by Gasteiger charge is -2.29. The minimum atomic E-state index is -0.452. The zero-order valence-corrected chi connectivity index (χ0v) is 20.6. The Labute approximate surface area is 215 Å². The van der Waals surface area contributed by atoms with Gasteiger partial charge in [-0.25, -0.2) is 9.78 Å². The molecular formula is C28H26N6O3. The lowest BCUT2D eigenvalue weighted by molar-refractivity contribution is 0.0936. The minimum absolute atomic E-state index is 0.0654. The molecule has 1 saturated heterocycles. The molecule has 2 aromatic carbocycles. The molecule has 0 aliphatic carbocycles. The van der Waals surface area contributed by atoms with Crippen LogP contribution in [0.4, 0.5) is 4.79 Å². The molecule has 9 heteroatoms. The second-order valence-electron chi connectivity index (χ2n) is 8.97. The van der Waals surface area contributed by atoms with E-state index >= 15 is 0 Å². The van der Waals surface area contributed by atoms with E-state index in [1.165, 1.54) is 17.2 Å². The van der Waals surface area contributed by atoms with E-state index < -0.39 is 6.09 Å². The molecular weight excluding hydrogens is 468 g/mol. The summed E-state index contributed by atoms with van der Waals surface area (Å²) in [6.45, 7) is 1.37. The van der Waals surface area contributed by atoms with E-state index in [4.69, 9.17) is 10.00 Å². The van der Waals surface area contributed by atoms with E-state index in [1.807, 2.05) is 30.3 Å². The van der Waals surface area contributed by atoms with Crippen molar-refractivity contribution in [1.82, 2.24) is 20.1 Å². The van der Waals surface area contributed by atoms with E-state index in [-0.39, 0.29) is 23.7 Å². The Morgan fingerprint density at radius 3 is 2.27 bits per heavy atom. The van der Waals surface area contributed by atoms with Crippen LogP contribution in [0, 0.1) is 22.7 Å². The molecule has 1 unspecified atom stereocenters. The molecule has 0 saturated carbocycles. The maximum atomic E-state index is 12.7. The van der Waals surface area contributed by atoms with Crippen molar-refractivity contribution in [3.63, 3.8) is 0 Å². The highest BCUT2D eigenvalue weighted by molar-refractivity contribution is 5.94. The first-order valence-electron chi connectivity index (χ1n) is 11.8. The number of aromatic nitrogens is 1. The van der Waals surface area contributed by atoms with Gasteiger partial charge >= 0.3 is 6.09 Å². The third-order valence-corrected chi connectivity index (χ3v) is 6.18. The number of benzene rings is 2. The average molecular weight is 495 g/mol. The summed E-state index contributed by atoms with van der Waals surface area (Å²) in [5.74, 6) is 0.217. The smallest absolute Gasteiger partial charge is 0.410 e. The molecule has 3 aromatic rings. The number of hydrogen-bond donors (Lipinski definition) is 1. The number of ether oxygens (including phenoxy) is 1. The van der Waals surface area contributed by atoms with Gasteiger partial charge in [-0.1, -0.05) is 24.3 Å². The molecule has 0 spiro atoms. The topological polar surface area (TPSA) is 122 Å². The predicted octanol–water partition coefficient (Wildman–Crippen LogP) is 3.48. The fraction of sp³-hybridized carbons (Fsp3) is 0.250. The zero-order chi connectivity index (χ0) is 26.4. The molecule has 0 radical (unpaired) electrons. The van der Waals surface area contributed by atoms with Crippen LogP contribution in [0.15, 0.2) is 66.9 Å². The Hall–Kier alpha value is -4.73. The summed E-state index contributed by atoms with van der Waals surface area (Å²) in [6, 6.07) is 21.9. The lowest BCUT2D eigenvalue weighted by Crippen LogP contribution is -2.38. The van der Waals surface area contributed by atoms with Crippen molar-refractivity contribution in [2.75, 3.05) is 27.2 Å².